The maximum absolute atomic E-state index is 6.64. The molecule has 0 unspecified atom stereocenters. The molecular weight excluding hydrogens is 641 g/mol. The van der Waals surface area contributed by atoms with E-state index in [9.17, 15) is 0 Å². The number of thiophene rings is 2. The number of nitrogens with zero attached hydrogens (tertiary/aromatic N) is 2. The number of fused-ring (bicyclic) bond motifs is 11. The van der Waals surface area contributed by atoms with Crippen LogP contribution in [-0.4, -0.2) is 4.98 Å². The molecule has 0 radical (unpaired) electrons. The first-order valence-electron chi connectivity index (χ1n) is 16.2. The molecule has 4 aromatic heterocycles. The Labute approximate surface area is 287 Å². The summed E-state index contributed by atoms with van der Waals surface area (Å²) in [5.41, 5.74) is 7.53. The number of rotatable bonds is 4. The summed E-state index contributed by atoms with van der Waals surface area (Å²) < 4.78 is 17.8. The third-order valence-electron chi connectivity index (χ3n) is 9.48. The summed E-state index contributed by atoms with van der Waals surface area (Å²) in [5, 5.41) is 6.96. The van der Waals surface area contributed by atoms with E-state index in [1.165, 1.54) is 30.3 Å². The number of anilines is 3. The lowest BCUT2D eigenvalue weighted by atomic mass is 10.1. The highest BCUT2D eigenvalue weighted by molar-refractivity contribution is 7.26. The van der Waals surface area contributed by atoms with Gasteiger partial charge in [-0.2, -0.15) is 0 Å². The van der Waals surface area contributed by atoms with Crippen molar-refractivity contribution >= 4 is 113 Å². The van der Waals surface area contributed by atoms with Crippen molar-refractivity contribution in [1.82, 2.24) is 4.98 Å². The third kappa shape index (κ3) is 4.05. The molecule has 0 atom stereocenters. The summed E-state index contributed by atoms with van der Waals surface area (Å²) in [6.07, 6.45) is 0. The Morgan fingerprint density at radius 2 is 1.14 bits per heavy atom. The van der Waals surface area contributed by atoms with Crippen LogP contribution < -0.4 is 4.90 Å². The minimum Gasteiger partial charge on any atom is -0.456 e. The number of para-hydroxylation sites is 1. The molecular formula is C43H24N2O2S2. The fourth-order valence-electron chi connectivity index (χ4n) is 7.26. The molecule has 7 aromatic carbocycles. The zero-order valence-corrected chi connectivity index (χ0v) is 27.5. The lowest BCUT2D eigenvalue weighted by Gasteiger charge is -2.26. The van der Waals surface area contributed by atoms with Gasteiger partial charge in [0.2, 0.25) is 5.89 Å². The molecule has 0 spiro atoms. The average molecular weight is 665 g/mol. The van der Waals surface area contributed by atoms with Crippen LogP contribution in [0.25, 0.3) is 84.8 Å². The van der Waals surface area contributed by atoms with Crippen LogP contribution >= 0.6 is 22.7 Å². The Morgan fingerprint density at radius 3 is 2.00 bits per heavy atom. The van der Waals surface area contributed by atoms with E-state index in [-0.39, 0.29) is 0 Å². The van der Waals surface area contributed by atoms with Gasteiger partial charge in [0, 0.05) is 63.4 Å². The topological polar surface area (TPSA) is 42.4 Å². The van der Waals surface area contributed by atoms with Gasteiger partial charge in [0.1, 0.15) is 16.7 Å². The molecule has 0 saturated carbocycles. The van der Waals surface area contributed by atoms with E-state index < -0.39 is 0 Å². The van der Waals surface area contributed by atoms with Gasteiger partial charge >= 0.3 is 0 Å². The van der Waals surface area contributed by atoms with E-state index in [1.54, 1.807) is 11.3 Å². The molecule has 49 heavy (non-hydrogen) atoms. The van der Waals surface area contributed by atoms with Crippen LogP contribution in [0.5, 0.6) is 0 Å². The van der Waals surface area contributed by atoms with Gasteiger partial charge in [0.15, 0.2) is 5.58 Å². The predicted molar refractivity (Wildman–Crippen MR) is 207 cm³/mol. The van der Waals surface area contributed by atoms with Gasteiger partial charge in [0.05, 0.1) is 10.4 Å². The van der Waals surface area contributed by atoms with Gasteiger partial charge in [-0.15, -0.1) is 22.7 Å². The van der Waals surface area contributed by atoms with E-state index in [4.69, 9.17) is 13.8 Å². The monoisotopic (exact) mass is 664 g/mol. The highest BCUT2D eigenvalue weighted by Gasteiger charge is 2.25. The first kappa shape index (κ1) is 27.0. The molecule has 0 fully saturated rings. The molecule has 0 bridgehead atoms. The first-order chi connectivity index (χ1) is 24.3. The van der Waals surface area contributed by atoms with E-state index >= 15 is 0 Å². The van der Waals surface area contributed by atoms with Crippen LogP contribution in [0.2, 0.25) is 0 Å². The van der Waals surface area contributed by atoms with Gasteiger partial charge in [-0.05, 0) is 72.8 Å². The Morgan fingerprint density at radius 1 is 0.490 bits per heavy atom. The number of oxazole rings is 1. The van der Waals surface area contributed by atoms with Crippen LogP contribution in [0.1, 0.15) is 0 Å². The van der Waals surface area contributed by atoms with Crippen molar-refractivity contribution in [2.75, 3.05) is 4.90 Å². The Kier molecular flexibility index (Phi) is 5.67. The summed E-state index contributed by atoms with van der Waals surface area (Å²) in [4.78, 5) is 7.50. The van der Waals surface area contributed by atoms with Crippen molar-refractivity contribution in [3.63, 3.8) is 0 Å². The first-order valence-corrected chi connectivity index (χ1v) is 17.8. The highest BCUT2D eigenvalue weighted by Crippen LogP contribution is 2.50. The molecule has 0 aliphatic rings. The molecule has 0 amide bonds. The average Bonchev–Trinajstić information content (AvgIpc) is 3.93. The number of aromatic nitrogens is 1. The molecule has 0 saturated heterocycles. The third-order valence-corrected chi connectivity index (χ3v) is 11.8. The van der Waals surface area contributed by atoms with Crippen molar-refractivity contribution in [3.05, 3.63) is 146 Å². The van der Waals surface area contributed by atoms with Crippen molar-refractivity contribution in [3.8, 4) is 11.5 Å². The largest absolute Gasteiger partial charge is 0.456 e. The molecule has 0 N–H and O–H groups in total. The summed E-state index contributed by atoms with van der Waals surface area (Å²) >= 11 is 3.63. The molecule has 4 nitrogen and oxygen atoms in total. The summed E-state index contributed by atoms with van der Waals surface area (Å²) in [6, 6.07) is 51.3. The Hall–Kier alpha value is -5.95. The molecule has 6 heteroatoms. The number of furan rings is 1. The zero-order valence-electron chi connectivity index (χ0n) is 25.9. The van der Waals surface area contributed by atoms with Crippen LogP contribution in [-0.2, 0) is 0 Å². The number of hydrogen-bond donors (Lipinski definition) is 0. The van der Waals surface area contributed by atoms with E-state index in [0.717, 1.165) is 65.7 Å². The minimum absolute atomic E-state index is 0.619. The molecule has 0 aliphatic carbocycles. The molecule has 11 aromatic rings. The van der Waals surface area contributed by atoms with E-state index in [0.29, 0.717) is 5.89 Å². The molecule has 11 rings (SSSR count). The van der Waals surface area contributed by atoms with Crippen molar-refractivity contribution in [2.45, 2.75) is 0 Å². The van der Waals surface area contributed by atoms with E-state index in [2.05, 4.69) is 108 Å². The molecule has 4 heterocycles. The van der Waals surface area contributed by atoms with E-state index in [1.807, 2.05) is 53.8 Å². The summed E-state index contributed by atoms with van der Waals surface area (Å²) in [7, 11) is 0. The standard InChI is InChI=1S/C43H24N2O2S2/c1-2-10-25(11-3-1)43-44-33-24-34(42-40(41(33)47-43)30-14-6-9-17-38(30)49-42)45(26-18-20-36-31(22-26)28-12-4-7-15-35(28)46-36)27-19-21-39-32(23-27)29-13-5-8-16-37(29)48-39/h1-24H. The van der Waals surface area contributed by atoms with Gasteiger partial charge in [-0.3, -0.25) is 0 Å². The zero-order chi connectivity index (χ0) is 32.1. The fourth-order valence-corrected chi connectivity index (χ4v) is 9.55. The maximum Gasteiger partial charge on any atom is 0.227 e. The second-order valence-electron chi connectivity index (χ2n) is 12.3. The van der Waals surface area contributed by atoms with Crippen LogP contribution in [0.4, 0.5) is 17.1 Å². The van der Waals surface area contributed by atoms with Crippen LogP contribution in [0, 0.1) is 0 Å². The van der Waals surface area contributed by atoms with Gasteiger partial charge in [-0.25, -0.2) is 4.98 Å². The quantitative estimate of drug-likeness (QED) is 0.188. The summed E-state index contributed by atoms with van der Waals surface area (Å²) in [5.74, 6) is 0.619. The predicted octanol–water partition coefficient (Wildman–Crippen LogP) is 13.6. The van der Waals surface area contributed by atoms with Crippen LogP contribution in [0.15, 0.2) is 154 Å². The second-order valence-corrected chi connectivity index (χ2v) is 14.5. The highest BCUT2D eigenvalue weighted by atomic mass is 32.1. The van der Waals surface area contributed by atoms with Crippen molar-refractivity contribution < 1.29 is 8.83 Å². The smallest absolute Gasteiger partial charge is 0.227 e. The molecule has 230 valence electrons. The normalized spacial score (nSPS) is 12.1. The Balaban J connectivity index is 1.25. The minimum atomic E-state index is 0.619. The SMILES string of the molecule is c1ccc(-c2nc3cc(N(c4ccc5oc6ccccc6c5c4)c4ccc5sc6ccccc6c5c4)c4sc5ccccc5c4c3o2)cc1. The molecule has 0 aliphatic heterocycles. The van der Waals surface area contributed by atoms with Crippen molar-refractivity contribution in [2.24, 2.45) is 0 Å². The van der Waals surface area contributed by atoms with Gasteiger partial charge < -0.3 is 13.7 Å². The maximum atomic E-state index is 6.64. The second kappa shape index (κ2) is 10.3. The number of benzene rings is 7. The summed E-state index contributed by atoms with van der Waals surface area (Å²) in [6.45, 7) is 0. The lowest BCUT2D eigenvalue weighted by molar-refractivity contribution is 0.623. The Bertz CT molecular complexity index is 2960. The fraction of sp³-hybridized carbons (Fsp3) is 0. The van der Waals surface area contributed by atoms with Gasteiger partial charge in [-0.1, -0.05) is 72.8 Å². The van der Waals surface area contributed by atoms with Crippen LogP contribution in [0.3, 0.4) is 0 Å². The van der Waals surface area contributed by atoms with Gasteiger partial charge in [0.25, 0.3) is 0 Å². The lowest BCUT2D eigenvalue weighted by Crippen LogP contribution is -2.10. The van der Waals surface area contributed by atoms with Crippen molar-refractivity contribution in [1.29, 1.82) is 0 Å². The number of hydrogen-bond acceptors (Lipinski definition) is 6.